The number of aromatic nitrogens is 2. The standard InChI is InChI=1S/C23H21ClN2O2S/c1-15-16(2)29-22-20(15)21(27)25(13-12-17-6-4-3-5-7-17)23(28)26(22)14-18-8-10-19(24)11-9-18/h3-11H,12-14H2,1-2H3. The van der Waals surface area contributed by atoms with E-state index in [0.29, 0.717) is 29.9 Å². The molecule has 0 unspecified atom stereocenters. The van der Waals surface area contributed by atoms with Gasteiger partial charge in [0.2, 0.25) is 0 Å². The Kier molecular flexibility index (Phi) is 5.43. The Morgan fingerprint density at radius 2 is 1.59 bits per heavy atom. The van der Waals surface area contributed by atoms with Crippen LogP contribution in [0, 0.1) is 13.8 Å². The first-order chi connectivity index (χ1) is 14.0. The lowest BCUT2D eigenvalue weighted by Crippen LogP contribution is -2.40. The van der Waals surface area contributed by atoms with E-state index in [9.17, 15) is 9.59 Å². The predicted octanol–water partition coefficient (Wildman–Crippen LogP) is 4.79. The van der Waals surface area contributed by atoms with Crippen molar-refractivity contribution in [2.75, 3.05) is 0 Å². The van der Waals surface area contributed by atoms with Crippen molar-refractivity contribution in [2.24, 2.45) is 0 Å². The van der Waals surface area contributed by atoms with Crippen LogP contribution in [0.2, 0.25) is 5.02 Å². The summed E-state index contributed by atoms with van der Waals surface area (Å²) >= 11 is 7.50. The Morgan fingerprint density at radius 1 is 0.897 bits per heavy atom. The van der Waals surface area contributed by atoms with Crippen LogP contribution in [0.4, 0.5) is 0 Å². The predicted molar refractivity (Wildman–Crippen MR) is 121 cm³/mol. The Bertz CT molecular complexity index is 1290. The van der Waals surface area contributed by atoms with E-state index in [2.05, 4.69) is 0 Å². The topological polar surface area (TPSA) is 44.0 Å². The highest BCUT2D eigenvalue weighted by Gasteiger charge is 2.18. The molecule has 4 aromatic rings. The molecule has 2 aromatic carbocycles. The minimum atomic E-state index is -0.269. The van der Waals surface area contributed by atoms with Crippen LogP contribution in [0.1, 0.15) is 21.6 Å². The number of fused-ring (bicyclic) bond motifs is 1. The third-order valence-corrected chi connectivity index (χ3v) is 6.74. The van der Waals surface area contributed by atoms with E-state index in [4.69, 9.17) is 11.6 Å². The zero-order chi connectivity index (χ0) is 20.5. The summed E-state index contributed by atoms with van der Waals surface area (Å²) in [6.07, 6.45) is 0.630. The maximum absolute atomic E-state index is 13.3. The fraction of sp³-hybridized carbons (Fsp3) is 0.217. The van der Waals surface area contributed by atoms with Crippen molar-refractivity contribution in [3.8, 4) is 0 Å². The molecule has 2 heterocycles. The molecule has 0 aliphatic carbocycles. The van der Waals surface area contributed by atoms with Crippen molar-refractivity contribution in [3.05, 3.63) is 102 Å². The summed E-state index contributed by atoms with van der Waals surface area (Å²) in [7, 11) is 0. The molecule has 0 spiro atoms. The lowest BCUT2D eigenvalue weighted by molar-refractivity contribution is 0.591. The molecule has 4 nitrogen and oxygen atoms in total. The molecule has 6 heteroatoms. The van der Waals surface area contributed by atoms with Crippen LogP contribution in [0.5, 0.6) is 0 Å². The second-order valence-corrected chi connectivity index (χ2v) is 8.79. The highest BCUT2D eigenvalue weighted by molar-refractivity contribution is 7.18. The smallest absolute Gasteiger partial charge is 0.280 e. The van der Waals surface area contributed by atoms with Crippen molar-refractivity contribution in [1.82, 2.24) is 9.13 Å². The highest BCUT2D eigenvalue weighted by Crippen LogP contribution is 2.27. The quantitative estimate of drug-likeness (QED) is 0.462. The first-order valence-electron chi connectivity index (χ1n) is 9.47. The molecule has 29 heavy (non-hydrogen) atoms. The zero-order valence-corrected chi connectivity index (χ0v) is 17.9. The van der Waals surface area contributed by atoms with E-state index in [-0.39, 0.29) is 11.2 Å². The summed E-state index contributed by atoms with van der Waals surface area (Å²) in [5.41, 5.74) is 2.55. The molecule has 2 aromatic heterocycles. The fourth-order valence-electron chi connectivity index (χ4n) is 3.50. The summed E-state index contributed by atoms with van der Waals surface area (Å²) in [6.45, 7) is 4.70. The monoisotopic (exact) mass is 424 g/mol. The Hall–Kier alpha value is -2.63. The van der Waals surface area contributed by atoms with Gasteiger partial charge in [0.1, 0.15) is 4.83 Å². The molecule has 0 radical (unpaired) electrons. The molecular weight excluding hydrogens is 404 g/mol. The molecule has 0 saturated heterocycles. The van der Waals surface area contributed by atoms with E-state index in [1.807, 2.05) is 68.4 Å². The number of rotatable bonds is 5. The van der Waals surface area contributed by atoms with E-state index in [0.717, 1.165) is 26.4 Å². The van der Waals surface area contributed by atoms with E-state index in [1.54, 1.807) is 4.57 Å². The van der Waals surface area contributed by atoms with Gasteiger partial charge in [-0.25, -0.2) is 4.79 Å². The Balaban J connectivity index is 1.85. The second-order valence-electron chi connectivity index (χ2n) is 7.15. The van der Waals surface area contributed by atoms with Crippen molar-refractivity contribution in [3.63, 3.8) is 0 Å². The number of aryl methyl sites for hydroxylation is 3. The molecular formula is C23H21ClN2O2S. The highest BCUT2D eigenvalue weighted by atomic mass is 35.5. The molecule has 0 bridgehead atoms. The van der Waals surface area contributed by atoms with E-state index >= 15 is 0 Å². The van der Waals surface area contributed by atoms with Gasteiger partial charge in [-0.2, -0.15) is 0 Å². The number of halogens is 1. The molecule has 0 amide bonds. The van der Waals surface area contributed by atoms with Gasteiger partial charge in [0, 0.05) is 16.4 Å². The van der Waals surface area contributed by atoms with Crippen molar-refractivity contribution in [2.45, 2.75) is 33.4 Å². The SMILES string of the molecule is Cc1sc2c(c1C)c(=O)n(CCc1ccccc1)c(=O)n2Cc1ccc(Cl)cc1. The average molecular weight is 425 g/mol. The lowest BCUT2D eigenvalue weighted by Gasteiger charge is -2.13. The maximum atomic E-state index is 13.3. The largest absolute Gasteiger partial charge is 0.332 e. The minimum absolute atomic E-state index is 0.199. The molecule has 0 atom stereocenters. The molecule has 4 rings (SSSR count). The van der Waals surface area contributed by atoms with Crippen LogP contribution < -0.4 is 11.2 Å². The third kappa shape index (κ3) is 3.80. The van der Waals surface area contributed by atoms with Gasteiger partial charge in [-0.1, -0.05) is 54.1 Å². The van der Waals surface area contributed by atoms with Gasteiger partial charge >= 0.3 is 5.69 Å². The normalized spacial score (nSPS) is 11.3. The van der Waals surface area contributed by atoms with E-state index in [1.165, 1.54) is 15.9 Å². The summed E-state index contributed by atoms with van der Waals surface area (Å²) < 4.78 is 3.10. The Labute approximate surface area is 177 Å². The average Bonchev–Trinajstić information content (AvgIpc) is 3.02. The molecule has 0 N–H and O–H groups in total. The van der Waals surface area contributed by atoms with Gasteiger partial charge in [0.15, 0.2) is 0 Å². The van der Waals surface area contributed by atoms with Gasteiger partial charge < -0.3 is 0 Å². The van der Waals surface area contributed by atoms with Crippen LogP contribution in [-0.4, -0.2) is 9.13 Å². The number of thiophene rings is 1. The number of hydrogen-bond donors (Lipinski definition) is 0. The number of hydrogen-bond acceptors (Lipinski definition) is 3. The summed E-state index contributed by atoms with van der Waals surface area (Å²) in [4.78, 5) is 28.3. The van der Waals surface area contributed by atoms with E-state index < -0.39 is 0 Å². The second kappa shape index (κ2) is 8.01. The van der Waals surface area contributed by atoms with Crippen molar-refractivity contribution in [1.29, 1.82) is 0 Å². The fourth-order valence-corrected chi connectivity index (χ4v) is 4.77. The van der Waals surface area contributed by atoms with Crippen molar-refractivity contribution < 1.29 is 0 Å². The first-order valence-corrected chi connectivity index (χ1v) is 10.7. The van der Waals surface area contributed by atoms with Gasteiger partial charge in [0.05, 0.1) is 11.9 Å². The van der Waals surface area contributed by atoms with Crippen molar-refractivity contribution >= 4 is 33.2 Å². The van der Waals surface area contributed by atoms with Crippen LogP contribution in [-0.2, 0) is 19.5 Å². The summed E-state index contributed by atoms with van der Waals surface area (Å²) in [6, 6.07) is 17.4. The van der Waals surface area contributed by atoms with Gasteiger partial charge in [-0.3, -0.25) is 13.9 Å². The third-order valence-electron chi connectivity index (χ3n) is 5.25. The Morgan fingerprint density at radius 3 is 2.28 bits per heavy atom. The zero-order valence-electron chi connectivity index (χ0n) is 16.3. The number of nitrogens with zero attached hydrogens (tertiary/aromatic N) is 2. The van der Waals surface area contributed by atoms with Crippen LogP contribution in [0.15, 0.2) is 64.2 Å². The van der Waals surface area contributed by atoms with Gasteiger partial charge in [-0.05, 0) is 49.1 Å². The van der Waals surface area contributed by atoms with Gasteiger partial charge in [-0.15, -0.1) is 11.3 Å². The molecule has 0 aliphatic rings. The molecule has 0 aliphatic heterocycles. The van der Waals surface area contributed by atoms with Crippen LogP contribution in [0.3, 0.4) is 0 Å². The molecule has 0 fully saturated rings. The molecule has 148 valence electrons. The summed E-state index contributed by atoms with van der Waals surface area (Å²) in [5, 5.41) is 1.30. The maximum Gasteiger partial charge on any atom is 0.332 e. The number of benzene rings is 2. The molecule has 0 saturated carbocycles. The summed E-state index contributed by atoms with van der Waals surface area (Å²) in [5.74, 6) is 0. The minimum Gasteiger partial charge on any atom is -0.280 e. The first kappa shape index (κ1) is 19.7. The van der Waals surface area contributed by atoms with Gasteiger partial charge in [0.25, 0.3) is 5.56 Å². The lowest BCUT2D eigenvalue weighted by atomic mass is 10.1. The van der Waals surface area contributed by atoms with Crippen LogP contribution in [0.25, 0.3) is 10.2 Å². The van der Waals surface area contributed by atoms with Crippen LogP contribution >= 0.6 is 22.9 Å².